The van der Waals surface area contributed by atoms with Crippen molar-refractivity contribution < 1.29 is 14.6 Å². The third kappa shape index (κ3) is 11.3. The SMILES string of the molecule is OCCNCCCCCCCCCCc1ccc(OCc2ccccc2)c(OCc2ccccc2)c1. The van der Waals surface area contributed by atoms with Gasteiger partial charge in [-0.1, -0.05) is 105 Å². The maximum absolute atomic E-state index is 8.76. The normalized spacial score (nSPS) is 10.9. The van der Waals surface area contributed by atoms with Gasteiger partial charge in [-0.2, -0.15) is 0 Å². The highest BCUT2D eigenvalue weighted by Gasteiger charge is 2.08. The van der Waals surface area contributed by atoms with E-state index >= 15 is 0 Å². The van der Waals surface area contributed by atoms with Crippen molar-refractivity contribution in [2.45, 2.75) is 71.0 Å². The predicted octanol–water partition coefficient (Wildman–Crippen LogP) is 7.09. The van der Waals surface area contributed by atoms with E-state index in [2.05, 4.69) is 47.8 Å². The zero-order valence-electron chi connectivity index (χ0n) is 21.7. The Morgan fingerprint density at radius 2 is 1.08 bits per heavy atom. The van der Waals surface area contributed by atoms with Crippen molar-refractivity contribution in [3.05, 3.63) is 95.6 Å². The molecule has 194 valence electrons. The van der Waals surface area contributed by atoms with Gasteiger partial charge >= 0.3 is 0 Å². The minimum absolute atomic E-state index is 0.230. The molecule has 36 heavy (non-hydrogen) atoms. The van der Waals surface area contributed by atoms with Gasteiger partial charge in [-0.15, -0.1) is 0 Å². The van der Waals surface area contributed by atoms with E-state index < -0.39 is 0 Å². The van der Waals surface area contributed by atoms with Crippen molar-refractivity contribution in [1.82, 2.24) is 5.32 Å². The van der Waals surface area contributed by atoms with E-state index in [1.165, 1.54) is 56.9 Å². The molecule has 0 unspecified atom stereocenters. The highest BCUT2D eigenvalue weighted by atomic mass is 16.5. The highest BCUT2D eigenvalue weighted by molar-refractivity contribution is 5.43. The number of aliphatic hydroxyl groups is 1. The average Bonchev–Trinajstić information content (AvgIpc) is 2.93. The minimum Gasteiger partial charge on any atom is -0.485 e. The van der Waals surface area contributed by atoms with Crippen LogP contribution in [0.2, 0.25) is 0 Å². The lowest BCUT2D eigenvalue weighted by atomic mass is 10.0. The van der Waals surface area contributed by atoms with Crippen LogP contribution in [0.4, 0.5) is 0 Å². The van der Waals surface area contributed by atoms with Crippen molar-refractivity contribution in [2.75, 3.05) is 19.7 Å². The molecule has 0 amide bonds. The standard InChI is InChI=1S/C32H43NO3/c34-24-23-33-22-14-6-4-2-1-3-5-9-15-28-20-21-31(35-26-29-16-10-7-11-17-29)32(25-28)36-27-30-18-12-8-13-19-30/h7-8,10-13,16-21,25,33-34H,1-6,9,14-15,22-24,26-27H2. The van der Waals surface area contributed by atoms with E-state index in [0.29, 0.717) is 19.8 Å². The molecule has 0 aliphatic rings. The number of ether oxygens (including phenoxy) is 2. The fourth-order valence-corrected chi connectivity index (χ4v) is 4.25. The largest absolute Gasteiger partial charge is 0.485 e. The first-order valence-corrected chi connectivity index (χ1v) is 13.6. The monoisotopic (exact) mass is 489 g/mol. The maximum Gasteiger partial charge on any atom is 0.161 e. The molecule has 0 bridgehead atoms. The van der Waals surface area contributed by atoms with Crippen LogP contribution < -0.4 is 14.8 Å². The Morgan fingerprint density at radius 3 is 1.69 bits per heavy atom. The summed E-state index contributed by atoms with van der Waals surface area (Å²) in [6.45, 7) is 3.02. The molecule has 4 nitrogen and oxygen atoms in total. The Labute approximate surface area is 217 Å². The summed E-state index contributed by atoms with van der Waals surface area (Å²) in [6.07, 6.45) is 11.3. The molecule has 0 radical (unpaired) electrons. The van der Waals surface area contributed by atoms with Gasteiger partial charge in [0.25, 0.3) is 0 Å². The lowest BCUT2D eigenvalue weighted by Gasteiger charge is -2.15. The van der Waals surface area contributed by atoms with E-state index in [-0.39, 0.29) is 6.61 Å². The summed E-state index contributed by atoms with van der Waals surface area (Å²) < 4.78 is 12.4. The van der Waals surface area contributed by atoms with Crippen LogP contribution in [0, 0.1) is 0 Å². The number of benzene rings is 3. The molecule has 2 N–H and O–H groups in total. The zero-order chi connectivity index (χ0) is 25.1. The number of aliphatic hydroxyl groups excluding tert-OH is 1. The van der Waals surface area contributed by atoms with Crippen LogP contribution >= 0.6 is 0 Å². The number of nitrogens with one attached hydrogen (secondary N) is 1. The van der Waals surface area contributed by atoms with Crippen molar-refractivity contribution in [1.29, 1.82) is 0 Å². The minimum atomic E-state index is 0.230. The van der Waals surface area contributed by atoms with Crippen molar-refractivity contribution in [3.63, 3.8) is 0 Å². The lowest BCUT2D eigenvalue weighted by Crippen LogP contribution is -2.19. The molecule has 0 heterocycles. The molecule has 3 aromatic carbocycles. The first kappa shape index (κ1) is 27.8. The van der Waals surface area contributed by atoms with E-state index in [0.717, 1.165) is 35.6 Å². The highest BCUT2D eigenvalue weighted by Crippen LogP contribution is 2.31. The summed E-state index contributed by atoms with van der Waals surface area (Å²) in [5.74, 6) is 1.62. The van der Waals surface area contributed by atoms with E-state index in [1.807, 2.05) is 36.4 Å². The molecular formula is C32H43NO3. The quantitative estimate of drug-likeness (QED) is 0.177. The summed E-state index contributed by atoms with van der Waals surface area (Å²) in [5, 5.41) is 12.0. The summed E-state index contributed by atoms with van der Waals surface area (Å²) in [4.78, 5) is 0. The van der Waals surface area contributed by atoms with Gasteiger partial charge in [0.2, 0.25) is 0 Å². The Kier molecular flexibility index (Phi) is 13.6. The van der Waals surface area contributed by atoms with Crippen LogP contribution in [0.15, 0.2) is 78.9 Å². The van der Waals surface area contributed by atoms with Gasteiger partial charge in [0.15, 0.2) is 11.5 Å². The Balaban J connectivity index is 1.41. The van der Waals surface area contributed by atoms with Gasteiger partial charge in [0.05, 0.1) is 6.61 Å². The molecule has 0 aliphatic heterocycles. The molecule has 0 saturated carbocycles. The molecule has 3 aromatic rings. The molecule has 4 heteroatoms. The predicted molar refractivity (Wildman–Crippen MR) is 149 cm³/mol. The summed E-state index contributed by atoms with van der Waals surface area (Å²) in [5.41, 5.74) is 3.60. The zero-order valence-corrected chi connectivity index (χ0v) is 21.7. The third-order valence-corrected chi connectivity index (χ3v) is 6.34. The smallest absolute Gasteiger partial charge is 0.161 e. The van der Waals surface area contributed by atoms with E-state index in [9.17, 15) is 0 Å². The van der Waals surface area contributed by atoms with Crippen molar-refractivity contribution in [3.8, 4) is 11.5 Å². The molecular weight excluding hydrogens is 446 g/mol. The molecule has 0 aromatic heterocycles. The van der Waals surface area contributed by atoms with Gasteiger partial charge in [0.1, 0.15) is 13.2 Å². The summed E-state index contributed by atoms with van der Waals surface area (Å²) in [6, 6.07) is 26.9. The molecule has 0 fully saturated rings. The summed E-state index contributed by atoms with van der Waals surface area (Å²) in [7, 11) is 0. The van der Waals surface area contributed by atoms with Crippen molar-refractivity contribution in [2.24, 2.45) is 0 Å². The van der Waals surface area contributed by atoms with Gasteiger partial charge < -0.3 is 19.9 Å². The third-order valence-electron chi connectivity index (χ3n) is 6.34. The second kappa shape index (κ2) is 17.6. The topological polar surface area (TPSA) is 50.7 Å². The maximum atomic E-state index is 8.76. The second-order valence-corrected chi connectivity index (χ2v) is 9.38. The Bertz CT molecular complexity index is 946. The van der Waals surface area contributed by atoms with Crippen LogP contribution in [0.3, 0.4) is 0 Å². The van der Waals surface area contributed by atoms with Gasteiger partial charge in [-0.25, -0.2) is 0 Å². The van der Waals surface area contributed by atoms with Crippen LogP contribution in [0.25, 0.3) is 0 Å². The van der Waals surface area contributed by atoms with Crippen LogP contribution in [-0.4, -0.2) is 24.8 Å². The average molecular weight is 490 g/mol. The Morgan fingerprint density at radius 1 is 0.528 bits per heavy atom. The molecule has 0 aliphatic carbocycles. The van der Waals surface area contributed by atoms with E-state index in [1.54, 1.807) is 0 Å². The number of unbranched alkanes of at least 4 members (excludes halogenated alkanes) is 7. The number of hydrogen-bond acceptors (Lipinski definition) is 4. The molecule has 0 saturated heterocycles. The van der Waals surface area contributed by atoms with Crippen LogP contribution in [0.1, 0.15) is 68.1 Å². The van der Waals surface area contributed by atoms with Crippen molar-refractivity contribution >= 4 is 0 Å². The first-order chi connectivity index (χ1) is 17.8. The fourth-order valence-electron chi connectivity index (χ4n) is 4.25. The molecule has 0 atom stereocenters. The fraction of sp³-hybridized carbons (Fsp3) is 0.438. The van der Waals surface area contributed by atoms with Gasteiger partial charge in [-0.3, -0.25) is 0 Å². The molecule has 0 spiro atoms. The number of hydrogen-bond donors (Lipinski definition) is 2. The van der Waals surface area contributed by atoms with Gasteiger partial charge in [-0.05, 0) is 54.6 Å². The second-order valence-electron chi connectivity index (χ2n) is 9.38. The van der Waals surface area contributed by atoms with E-state index in [4.69, 9.17) is 14.6 Å². The molecule has 3 rings (SSSR count). The van der Waals surface area contributed by atoms with Crippen LogP contribution in [-0.2, 0) is 19.6 Å². The lowest BCUT2D eigenvalue weighted by molar-refractivity contribution is 0.255. The summed E-state index contributed by atoms with van der Waals surface area (Å²) >= 11 is 0. The number of aryl methyl sites for hydroxylation is 1. The first-order valence-electron chi connectivity index (χ1n) is 13.6. The van der Waals surface area contributed by atoms with Gasteiger partial charge in [0, 0.05) is 6.54 Å². The van der Waals surface area contributed by atoms with Crippen LogP contribution in [0.5, 0.6) is 11.5 Å². The number of rotatable bonds is 19. The Hall–Kier alpha value is -2.82.